The van der Waals surface area contributed by atoms with Crippen LogP contribution in [-0.4, -0.2) is 29.7 Å². The molecule has 0 spiro atoms. The lowest BCUT2D eigenvalue weighted by Gasteiger charge is -2.31. The van der Waals surface area contributed by atoms with E-state index in [0.29, 0.717) is 18.6 Å². The number of benzene rings is 2. The van der Waals surface area contributed by atoms with Crippen LogP contribution in [0.25, 0.3) is 0 Å². The predicted molar refractivity (Wildman–Crippen MR) is 142 cm³/mol. The lowest BCUT2D eigenvalue weighted by atomic mass is 9.76. The van der Waals surface area contributed by atoms with Gasteiger partial charge in [-0.3, -0.25) is 14.5 Å². The Kier molecular flexibility index (Phi) is 9.73. The van der Waals surface area contributed by atoms with E-state index in [2.05, 4.69) is 60.5 Å². The number of halogens is 1. The van der Waals surface area contributed by atoms with Gasteiger partial charge in [0.25, 0.3) is 0 Å². The normalized spacial score (nSPS) is 17.1. The molecular weight excluding hydrogens is 444 g/mol. The smallest absolute Gasteiger partial charge is 0.224 e. The Morgan fingerprint density at radius 2 is 1.76 bits per heavy atom. The van der Waals surface area contributed by atoms with Crippen molar-refractivity contribution in [1.82, 2.24) is 4.90 Å². The molecule has 0 aromatic heterocycles. The summed E-state index contributed by atoms with van der Waals surface area (Å²) in [7, 11) is 0. The van der Waals surface area contributed by atoms with Gasteiger partial charge in [0.15, 0.2) is 5.78 Å². The summed E-state index contributed by atoms with van der Waals surface area (Å²) in [6.07, 6.45) is 9.00. The topological polar surface area (TPSA) is 49.4 Å². The van der Waals surface area contributed by atoms with Crippen molar-refractivity contribution in [2.24, 2.45) is 5.92 Å². The van der Waals surface area contributed by atoms with Gasteiger partial charge in [-0.05, 0) is 80.4 Å². The van der Waals surface area contributed by atoms with E-state index in [0.717, 1.165) is 61.3 Å². The Bertz CT molecular complexity index is 989. The van der Waals surface area contributed by atoms with Gasteiger partial charge in [-0.15, -0.1) is 12.4 Å². The number of nitrogens with zero attached hydrogens (tertiary/aromatic N) is 1. The first kappa shape index (κ1) is 26.4. The van der Waals surface area contributed by atoms with Crippen LogP contribution >= 0.6 is 12.4 Å². The molecule has 4 nitrogen and oxygen atoms in total. The number of unbranched alkanes of at least 4 members (excludes halogenated alkanes) is 3. The summed E-state index contributed by atoms with van der Waals surface area (Å²) in [5.41, 5.74) is 6.56. The minimum atomic E-state index is 0. The van der Waals surface area contributed by atoms with Gasteiger partial charge in [0, 0.05) is 30.1 Å². The van der Waals surface area contributed by atoms with Crippen LogP contribution in [0.2, 0.25) is 0 Å². The maximum absolute atomic E-state index is 13.7. The number of hydrogen-bond donors (Lipinski definition) is 1. The number of nitrogens with one attached hydrogen (secondary N) is 1. The number of anilines is 1. The van der Waals surface area contributed by atoms with Crippen molar-refractivity contribution in [3.05, 3.63) is 64.2 Å². The van der Waals surface area contributed by atoms with Gasteiger partial charge >= 0.3 is 0 Å². The summed E-state index contributed by atoms with van der Waals surface area (Å²) in [4.78, 5) is 28.1. The minimum absolute atomic E-state index is 0. The molecule has 1 aliphatic heterocycles. The van der Waals surface area contributed by atoms with Crippen molar-refractivity contribution in [2.45, 2.75) is 78.2 Å². The maximum Gasteiger partial charge on any atom is 0.224 e. The number of carbonyl (C=O) groups is 2. The molecule has 5 heteroatoms. The average Bonchev–Trinajstić information content (AvgIpc) is 2.81. The third-order valence-corrected chi connectivity index (χ3v) is 7.37. The van der Waals surface area contributed by atoms with Gasteiger partial charge in [-0.1, -0.05) is 56.5 Å². The van der Waals surface area contributed by atoms with Crippen molar-refractivity contribution < 1.29 is 9.59 Å². The fourth-order valence-corrected chi connectivity index (χ4v) is 5.49. The second-order valence-corrected chi connectivity index (χ2v) is 9.83. The Hall–Kier alpha value is -2.17. The van der Waals surface area contributed by atoms with Crippen molar-refractivity contribution >= 4 is 29.8 Å². The van der Waals surface area contributed by atoms with Crippen LogP contribution in [0, 0.1) is 12.8 Å². The molecule has 1 unspecified atom stereocenters. The molecule has 2 aromatic carbocycles. The summed E-state index contributed by atoms with van der Waals surface area (Å²) in [6.45, 7) is 7.32. The molecule has 34 heavy (non-hydrogen) atoms. The van der Waals surface area contributed by atoms with E-state index in [-0.39, 0.29) is 24.2 Å². The molecule has 1 aliphatic carbocycles. The highest BCUT2D eigenvalue weighted by atomic mass is 35.5. The van der Waals surface area contributed by atoms with E-state index in [1.54, 1.807) is 0 Å². The van der Waals surface area contributed by atoms with Crippen molar-refractivity contribution in [3.8, 4) is 0 Å². The number of fused-ring (bicyclic) bond motifs is 3. The standard InChI is InChI=1S/C29H38N2O2.ClH/c1-3-4-5-9-17-31(20-22-10-7-6-8-11-22)18-16-23-12-13-24-21(2)19-26-25(28(24)29(23)33)14-15-27(32)30-26;/h6-8,10-11,19,23H,3-5,9,12-18,20H2,1-2H3,(H,30,32);1H. The molecule has 0 bridgehead atoms. The van der Waals surface area contributed by atoms with Crippen molar-refractivity contribution in [2.75, 3.05) is 18.4 Å². The molecule has 1 atom stereocenters. The fraction of sp³-hybridized carbons (Fsp3) is 0.517. The molecule has 0 radical (unpaired) electrons. The predicted octanol–water partition coefficient (Wildman–Crippen LogP) is 6.52. The van der Waals surface area contributed by atoms with Gasteiger partial charge in [-0.25, -0.2) is 0 Å². The molecule has 2 aliphatic rings. The molecule has 0 saturated heterocycles. The number of aryl methyl sites for hydroxylation is 1. The highest BCUT2D eigenvalue weighted by molar-refractivity contribution is 6.05. The molecule has 0 fully saturated rings. The van der Waals surface area contributed by atoms with E-state index < -0.39 is 0 Å². The van der Waals surface area contributed by atoms with E-state index in [1.165, 1.54) is 36.8 Å². The SMILES string of the molecule is CCCCCCN(CCC1CCc2c(C)cc3c(c2C1=O)CCC(=O)N3)Cc1ccccc1.Cl. The Morgan fingerprint density at radius 3 is 2.53 bits per heavy atom. The third-order valence-electron chi connectivity index (χ3n) is 7.37. The number of rotatable bonds is 10. The van der Waals surface area contributed by atoms with Crippen LogP contribution in [0.15, 0.2) is 36.4 Å². The summed E-state index contributed by atoms with van der Waals surface area (Å²) in [5, 5.41) is 3.00. The fourth-order valence-electron chi connectivity index (χ4n) is 5.49. The van der Waals surface area contributed by atoms with Gasteiger partial charge < -0.3 is 5.32 Å². The van der Waals surface area contributed by atoms with E-state index in [1.807, 2.05) is 0 Å². The maximum atomic E-state index is 13.7. The molecule has 1 heterocycles. The zero-order chi connectivity index (χ0) is 23.2. The highest BCUT2D eigenvalue weighted by Gasteiger charge is 2.33. The summed E-state index contributed by atoms with van der Waals surface area (Å²) in [6, 6.07) is 12.7. The molecule has 184 valence electrons. The first-order valence-corrected chi connectivity index (χ1v) is 12.8. The highest BCUT2D eigenvalue weighted by Crippen LogP contribution is 2.38. The lowest BCUT2D eigenvalue weighted by molar-refractivity contribution is -0.116. The van der Waals surface area contributed by atoms with Gasteiger partial charge in [0.1, 0.15) is 0 Å². The van der Waals surface area contributed by atoms with Crippen LogP contribution in [0.4, 0.5) is 5.69 Å². The number of carbonyl (C=O) groups excluding carboxylic acids is 2. The van der Waals surface area contributed by atoms with Gasteiger partial charge in [0.2, 0.25) is 5.91 Å². The summed E-state index contributed by atoms with van der Waals surface area (Å²) < 4.78 is 0. The Labute approximate surface area is 210 Å². The second-order valence-electron chi connectivity index (χ2n) is 9.83. The third kappa shape index (κ3) is 6.28. The van der Waals surface area contributed by atoms with Crippen LogP contribution in [0.5, 0.6) is 0 Å². The quantitative estimate of drug-likeness (QED) is 0.392. The molecule has 4 rings (SSSR count). The molecule has 0 saturated carbocycles. The first-order chi connectivity index (χ1) is 16.1. The largest absolute Gasteiger partial charge is 0.326 e. The Morgan fingerprint density at radius 1 is 0.971 bits per heavy atom. The monoisotopic (exact) mass is 482 g/mol. The van der Waals surface area contributed by atoms with Crippen molar-refractivity contribution in [1.29, 1.82) is 0 Å². The molecular formula is C29H39ClN2O2. The summed E-state index contributed by atoms with van der Waals surface area (Å²) >= 11 is 0. The number of Topliss-reactive ketones (excluding diaryl/α,β-unsaturated/α-hetero) is 1. The van der Waals surface area contributed by atoms with E-state index in [9.17, 15) is 9.59 Å². The van der Waals surface area contributed by atoms with Crippen LogP contribution in [0.3, 0.4) is 0 Å². The number of ketones is 1. The van der Waals surface area contributed by atoms with Crippen LogP contribution < -0.4 is 5.32 Å². The van der Waals surface area contributed by atoms with Crippen molar-refractivity contribution in [3.63, 3.8) is 0 Å². The zero-order valence-corrected chi connectivity index (χ0v) is 21.5. The second kappa shape index (κ2) is 12.5. The van der Waals surface area contributed by atoms with Gasteiger partial charge in [0.05, 0.1) is 0 Å². The zero-order valence-electron chi connectivity index (χ0n) is 20.7. The van der Waals surface area contributed by atoms with Crippen LogP contribution in [0.1, 0.15) is 84.5 Å². The van der Waals surface area contributed by atoms with Gasteiger partial charge in [-0.2, -0.15) is 0 Å². The summed E-state index contributed by atoms with van der Waals surface area (Å²) in [5.74, 6) is 0.439. The molecule has 1 amide bonds. The lowest BCUT2D eigenvalue weighted by Crippen LogP contribution is -2.32. The first-order valence-electron chi connectivity index (χ1n) is 12.8. The number of hydrogen-bond acceptors (Lipinski definition) is 3. The van der Waals surface area contributed by atoms with E-state index >= 15 is 0 Å². The Balaban J connectivity index is 0.00000324. The minimum Gasteiger partial charge on any atom is -0.326 e. The van der Waals surface area contributed by atoms with Crippen LogP contribution in [-0.2, 0) is 24.2 Å². The number of amides is 1. The molecule has 1 N–H and O–H groups in total. The molecule has 2 aromatic rings. The van der Waals surface area contributed by atoms with E-state index in [4.69, 9.17) is 0 Å². The average molecular weight is 483 g/mol.